The number of carbonyl (C=O) groups is 2. The Morgan fingerprint density at radius 1 is 1.48 bits per heavy atom. The van der Waals surface area contributed by atoms with Crippen LogP contribution in [0.5, 0.6) is 0 Å². The zero-order chi connectivity index (χ0) is 15.7. The second-order valence-electron chi connectivity index (χ2n) is 4.89. The Morgan fingerprint density at radius 2 is 2.24 bits per heavy atom. The zero-order valence-electron chi connectivity index (χ0n) is 12.5. The Labute approximate surface area is 124 Å². The molecule has 1 N–H and O–H groups in total. The minimum atomic E-state index is -0.986. The number of nitrogens with zero attached hydrogens (tertiary/aromatic N) is 2. The molecule has 2 rings (SSSR count). The minimum absolute atomic E-state index is 0.0498. The molecule has 1 aliphatic rings. The van der Waals surface area contributed by atoms with E-state index in [2.05, 4.69) is 27.7 Å². The van der Waals surface area contributed by atoms with Crippen LogP contribution in [-0.2, 0) is 14.3 Å². The van der Waals surface area contributed by atoms with Gasteiger partial charge in [0.15, 0.2) is 0 Å². The Bertz CT molecular complexity index is 450. The summed E-state index contributed by atoms with van der Waals surface area (Å²) in [4.78, 5) is 26.6. The molecule has 21 heavy (non-hydrogen) atoms. The molecular weight excluding hydrogens is 272 g/mol. The predicted octanol–water partition coefficient (Wildman–Crippen LogP) is 1.87. The summed E-state index contributed by atoms with van der Waals surface area (Å²) in [7, 11) is 3.41. The Balaban J connectivity index is 0.000000222. The lowest BCUT2D eigenvalue weighted by Crippen LogP contribution is -2.17. The number of carboxylic acid groups (broad SMARTS) is 1. The van der Waals surface area contributed by atoms with Crippen molar-refractivity contribution in [3.63, 3.8) is 0 Å². The minimum Gasteiger partial charge on any atom is -0.481 e. The van der Waals surface area contributed by atoms with Crippen LogP contribution in [-0.4, -0.2) is 47.6 Å². The molecule has 1 aromatic heterocycles. The molecule has 6 nitrogen and oxygen atoms in total. The normalized spacial score (nSPS) is 17.7. The molecule has 0 saturated carbocycles. The summed E-state index contributed by atoms with van der Waals surface area (Å²) >= 11 is 0. The van der Waals surface area contributed by atoms with Crippen molar-refractivity contribution in [1.82, 2.24) is 9.88 Å². The van der Waals surface area contributed by atoms with Crippen LogP contribution in [0.3, 0.4) is 0 Å². The number of carboxylic acids is 1. The number of aromatic nitrogens is 1. The average Bonchev–Trinajstić information content (AvgIpc) is 2.92. The largest absolute Gasteiger partial charge is 0.481 e. The maximum absolute atomic E-state index is 10.2. The van der Waals surface area contributed by atoms with E-state index in [1.807, 2.05) is 18.5 Å². The Kier molecular flexibility index (Phi) is 7.39. The molecule has 0 aliphatic carbocycles. The number of pyridine rings is 1. The second-order valence-corrected chi connectivity index (χ2v) is 4.89. The van der Waals surface area contributed by atoms with E-state index in [-0.39, 0.29) is 12.8 Å². The summed E-state index contributed by atoms with van der Waals surface area (Å²) in [6.07, 6.45) is 6.20. The lowest BCUT2D eigenvalue weighted by molar-refractivity contribution is -0.145. The highest BCUT2D eigenvalue weighted by atomic mass is 16.5. The standard InChI is InChI=1S/C10H14N2.C5H8O4/c1-12-7-3-5-10(12)9-4-2-6-11-8-9;1-9-5(8)3-2-4(6)7/h2,4,6,8,10H,3,5,7H2,1H3;2-3H2,1H3,(H,6,7). The lowest BCUT2D eigenvalue weighted by atomic mass is 10.1. The van der Waals surface area contributed by atoms with Crippen molar-refractivity contribution >= 4 is 11.9 Å². The van der Waals surface area contributed by atoms with E-state index in [1.54, 1.807) is 0 Å². The fraction of sp³-hybridized carbons (Fsp3) is 0.533. The average molecular weight is 294 g/mol. The number of carbonyl (C=O) groups excluding carboxylic acids is 1. The molecule has 1 fully saturated rings. The molecule has 1 aromatic rings. The number of esters is 1. The Hall–Kier alpha value is -1.95. The quantitative estimate of drug-likeness (QED) is 0.854. The van der Waals surface area contributed by atoms with E-state index < -0.39 is 11.9 Å². The fourth-order valence-corrected chi connectivity index (χ4v) is 2.22. The molecule has 116 valence electrons. The lowest BCUT2D eigenvalue weighted by Gasteiger charge is -2.18. The molecule has 2 heterocycles. The molecule has 0 bridgehead atoms. The van der Waals surface area contributed by atoms with E-state index in [9.17, 15) is 9.59 Å². The van der Waals surface area contributed by atoms with Crippen molar-refractivity contribution in [3.8, 4) is 0 Å². The van der Waals surface area contributed by atoms with E-state index in [0.717, 1.165) is 0 Å². The van der Waals surface area contributed by atoms with Crippen molar-refractivity contribution in [1.29, 1.82) is 0 Å². The van der Waals surface area contributed by atoms with Gasteiger partial charge in [0, 0.05) is 18.4 Å². The number of methoxy groups -OCH3 is 1. The predicted molar refractivity (Wildman–Crippen MR) is 77.7 cm³/mol. The first-order valence-corrected chi connectivity index (χ1v) is 6.93. The first kappa shape index (κ1) is 17.1. The highest BCUT2D eigenvalue weighted by molar-refractivity contribution is 5.76. The summed E-state index contributed by atoms with van der Waals surface area (Å²) in [5.74, 6) is -1.47. The van der Waals surface area contributed by atoms with E-state index in [0.29, 0.717) is 6.04 Å². The van der Waals surface area contributed by atoms with Crippen molar-refractivity contribution in [3.05, 3.63) is 30.1 Å². The van der Waals surface area contributed by atoms with Gasteiger partial charge in [-0.05, 0) is 38.1 Å². The molecule has 0 spiro atoms. The molecule has 0 aromatic carbocycles. The van der Waals surface area contributed by atoms with Crippen molar-refractivity contribution in [2.75, 3.05) is 20.7 Å². The monoisotopic (exact) mass is 294 g/mol. The summed E-state index contributed by atoms with van der Waals surface area (Å²) in [6, 6.07) is 4.79. The van der Waals surface area contributed by atoms with Gasteiger partial charge >= 0.3 is 11.9 Å². The van der Waals surface area contributed by atoms with Crippen LogP contribution in [0, 0.1) is 0 Å². The van der Waals surface area contributed by atoms with Crippen LogP contribution in [0.1, 0.15) is 37.3 Å². The van der Waals surface area contributed by atoms with Crippen LogP contribution in [0.2, 0.25) is 0 Å². The number of likely N-dealkylation sites (tertiary alicyclic amines) is 1. The molecule has 1 aliphatic heterocycles. The smallest absolute Gasteiger partial charge is 0.306 e. The van der Waals surface area contributed by atoms with Gasteiger partial charge in [-0.2, -0.15) is 0 Å². The van der Waals surface area contributed by atoms with Crippen molar-refractivity contribution < 1.29 is 19.4 Å². The summed E-state index contributed by atoms with van der Waals surface area (Å²) in [6.45, 7) is 1.22. The highest BCUT2D eigenvalue weighted by Gasteiger charge is 2.21. The van der Waals surface area contributed by atoms with Gasteiger partial charge in [-0.25, -0.2) is 0 Å². The topological polar surface area (TPSA) is 79.7 Å². The van der Waals surface area contributed by atoms with Gasteiger partial charge in [0.1, 0.15) is 0 Å². The number of aliphatic carboxylic acids is 1. The van der Waals surface area contributed by atoms with Crippen LogP contribution in [0.4, 0.5) is 0 Å². The third-order valence-corrected chi connectivity index (χ3v) is 3.36. The van der Waals surface area contributed by atoms with Gasteiger partial charge in [-0.15, -0.1) is 0 Å². The van der Waals surface area contributed by atoms with Gasteiger partial charge < -0.3 is 9.84 Å². The van der Waals surface area contributed by atoms with E-state index in [4.69, 9.17) is 5.11 Å². The molecular formula is C15H22N2O4. The van der Waals surface area contributed by atoms with Gasteiger partial charge in [0.05, 0.1) is 20.0 Å². The van der Waals surface area contributed by atoms with Crippen LogP contribution in [0.25, 0.3) is 0 Å². The third-order valence-electron chi connectivity index (χ3n) is 3.36. The fourth-order valence-electron chi connectivity index (χ4n) is 2.22. The van der Waals surface area contributed by atoms with Crippen LogP contribution in [0.15, 0.2) is 24.5 Å². The summed E-state index contributed by atoms with van der Waals surface area (Å²) in [5, 5.41) is 8.05. The van der Waals surface area contributed by atoms with Gasteiger partial charge in [0.2, 0.25) is 0 Å². The molecule has 0 radical (unpaired) electrons. The summed E-state index contributed by atoms with van der Waals surface area (Å²) in [5.41, 5.74) is 1.36. The van der Waals surface area contributed by atoms with Gasteiger partial charge in [-0.1, -0.05) is 6.07 Å². The maximum atomic E-state index is 10.2. The second kappa shape index (κ2) is 9.07. The van der Waals surface area contributed by atoms with E-state index >= 15 is 0 Å². The number of ether oxygens (including phenoxy) is 1. The first-order chi connectivity index (χ1) is 10.0. The third kappa shape index (κ3) is 6.35. The van der Waals surface area contributed by atoms with Crippen LogP contribution >= 0.6 is 0 Å². The molecule has 0 amide bonds. The SMILES string of the molecule is CN1CCCC1c1cccnc1.COC(=O)CCC(=O)O. The molecule has 1 saturated heterocycles. The molecule has 1 atom stereocenters. The number of hydrogen-bond acceptors (Lipinski definition) is 5. The van der Waals surface area contributed by atoms with Crippen molar-refractivity contribution in [2.24, 2.45) is 0 Å². The van der Waals surface area contributed by atoms with Gasteiger partial charge in [0.25, 0.3) is 0 Å². The zero-order valence-corrected chi connectivity index (χ0v) is 12.5. The van der Waals surface area contributed by atoms with Crippen LogP contribution < -0.4 is 0 Å². The molecule has 1 unspecified atom stereocenters. The van der Waals surface area contributed by atoms with E-state index in [1.165, 1.54) is 32.1 Å². The van der Waals surface area contributed by atoms with Gasteiger partial charge in [-0.3, -0.25) is 19.5 Å². The number of rotatable bonds is 4. The Morgan fingerprint density at radius 3 is 2.71 bits per heavy atom. The first-order valence-electron chi connectivity index (χ1n) is 6.93. The van der Waals surface area contributed by atoms with Crippen molar-refractivity contribution in [2.45, 2.75) is 31.7 Å². The maximum Gasteiger partial charge on any atom is 0.306 e. The number of hydrogen-bond donors (Lipinski definition) is 1. The highest BCUT2D eigenvalue weighted by Crippen LogP contribution is 2.29. The summed E-state index contributed by atoms with van der Waals surface area (Å²) < 4.78 is 4.20. The molecule has 6 heteroatoms.